The van der Waals surface area contributed by atoms with Crippen molar-refractivity contribution in [3.8, 4) is 0 Å². The molecule has 0 saturated carbocycles. The molecule has 146 valence electrons. The van der Waals surface area contributed by atoms with Crippen LogP contribution in [0, 0.1) is 5.82 Å². The summed E-state index contributed by atoms with van der Waals surface area (Å²) in [5.41, 5.74) is 3.14. The molecule has 1 aliphatic carbocycles. The summed E-state index contributed by atoms with van der Waals surface area (Å²) in [4.78, 5) is 14.1. The molecule has 0 spiro atoms. The Bertz CT molecular complexity index is 1050. The molecule has 28 heavy (non-hydrogen) atoms. The van der Waals surface area contributed by atoms with Crippen molar-refractivity contribution in [3.63, 3.8) is 0 Å². The standard InChI is InChI=1S/C21H18BrClFNO2S/c1-27-18(26)9-12-3-2-4-17-19(12)21(28-15-7-5-13(23)6-8-15)20-16(22)10-14(24)11-25(17)20/h5-8,10-12H,2-4,9H2,1H3. The van der Waals surface area contributed by atoms with E-state index >= 15 is 0 Å². The summed E-state index contributed by atoms with van der Waals surface area (Å²) in [6.07, 6.45) is 4.58. The molecule has 0 fully saturated rings. The van der Waals surface area contributed by atoms with Crippen LogP contribution in [0.4, 0.5) is 4.39 Å². The highest BCUT2D eigenvalue weighted by Crippen LogP contribution is 2.47. The number of fused-ring (bicyclic) bond motifs is 3. The molecular weight excluding hydrogens is 465 g/mol. The number of benzene rings is 1. The molecule has 1 atom stereocenters. The normalized spacial score (nSPS) is 16.2. The third-order valence-electron chi connectivity index (χ3n) is 5.09. The van der Waals surface area contributed by atoms with Crippen molar-refractivity contribution in [2.24, 2.45) is 0 Å². The van der Waals surface area contributed by atoms with Gasteiger partial charge in [0.15, 0.2) is 0 Å². The van der Waals surface area contributed by atoms with Crippen LogP contribution < -0.4 is 0 Å². The van der Waals surface area contributed by atoms with E-state index in [1.165, 1.54) is 19.4 Å². The quantitative estimate of drug-likeness (QED) is 0.391. The van der Waals surface area contributed by atoms with Gasteiger partial charge in [-0.05, 0) is 77.0 Å². The number of carbonyl (C=O) groups excluding carboxylic acids is 1. The molecule has 0 saturated heterocycles. The van der Waals surface area contributed by atoms with Crippen LogP contribution in [0.15, 0.2) is 50.8 Å². The highest BCUT2D eigenvalue weighted by atomic mass is 79.9. The Morgan fingerprint density at radius 2 is 2.14 bits per heavy atom. The maximum atomic E-state index is 14.2. The molecule has 2 aromatic heterocycles. The molecular formula is C21H18BrClFNO2S. The van der Waals surface area contributed by atoms with E-state index in [0.29, 0.717) is 15.9 Å². The van der Waals surface area contributed by atoms with Crippen molar-refractivity contribution in [2.45, 2.75) is 41.4 Å². The number of esters is 1. The molecule has 3 nitrogen and oxygen atoms in total. The lowest BCUT2D eigenvalue weighted by atomic mass is 9.84. The predicted molar refractivity (Wildman–Crippen MR) is 113 cm³/mol. The summed E-state index contributed by atoms with van der Waals surface area (Å²) in [7, 11) is 1.41. The zero-order valence-electron chi connectivity index (χ0n) is 15.2. The molecule has 1 aliphatic rings. The molecule has 0 bridgehead atoms. The van der Waals surface area contributed by atoms with Crippen LogP contribution in [-0.2, 0) is 16.0 Å². The number of pyridine rings is 1. The van der Waals surface area contributed by atoms with Crippen LogP contribution in [0.2, 0.25) is 5.02 Å². The number of hydrogen-bond acceptors (Lipinski definition) is 3. The van der Waals surface area contributed by atoms with Gasteiger partial charge >= 0.3 is 5.97 Å². The maximum absolute atomic E-state index is 14.2. The minimum atomic E-state index is -0.296. The van der Waals surface area contributed by atoms with Crippen LogP contribution in [0.1, 0.15) is 36.4 Å². The van der Waals surface area contributed by atoms with Gasteiger partial charge in [-0.1, -0.05) is 23.4 Å². The maximum Gasteiger partial charge on any atom is 0.306 e. The van der Waals surface area contributed by atoms with E-state index in [1.807, 2.05) is 28.7 Å². The molecule has 0 amide bonds. The minimum absolute atomic E-state index is 0.0564. The van der Waals surface area contributed by atoms with E-state index in [0.717, 1.165) is 45.8 Å². The molecule has 3 aromatic rings. The number of carbonyl (C=O) groups is 1. The summed E-state index contributed by atoms with van der Waals surface area (Å²) in [6.45, 7) is 0. The first-order chi connectivity index (χ1) is 13.5. The number of methoxy groups -OCH3 is 1. The molecule has 2 heterocycles. The first kappa shape index (κ1) is 19.8. The van der Waals surface area contributed by atoms with Crippen molar-refractivity contribution in [1.82, 2.24) is 4.40 Å². The second-order valence-electron chi connectivity index (χ2n) is 6.84. The third kappa shape index (κ3) is 3.70. The van der Waals surface area contributed by atoms with Crippen molar-refractivity contribution >= 4 is 50.8 Å². The van der Waals surface area contributed by atoms with Crippen molar-refractivity contribution in [1.29, 1.82) is 0 Å². The zero-order valence-corrected chi connectivity index (χ0v) is 18.3. The number of aryl methyl sites for hydroxylation is 1. The molecule has 0 aliphatic heterocycles. The summed E-state index contributed by atoms with van der Waals surface area (Å²) in [6, 6.07) is 9.14. The lowest BCUT2D eigenvalue weighted by molar-refractivity contribution is -0.141. The Kier molecular flexibility index (Phi) is 5.72. The van der Waals surface area contributed by atoms with Crippen molar-refractivity contribution in [3.05, 3.63) is 63.1 Å². The second kappa shape index (κ2) is 8.09. The Labute approximate surface area is 180 Å². The summed E-state index contributed by atoms with van der Waals surface area (Å²) in [5.74, 6) is -0.461. The van der Waals surface area contributed by atoms with Gasteiger partial charge in [-0.3, -0.25) is 4.79 Å². The zero-order chi connectivity index (χ0) is 19.8. The lowest BCUT2D eigenvalue weighted by Gasteiger charge is -2.23. The van der Waals surface area contributed by atoms with Gasteiger partial charge in [0.2, 0.25) is 0 Å². The number of halogens is 3. The molecule has 4 rings (SSSR count). The molecule has 7 heteroatoms. The highest BCUT2D eigenvalue weighted by molar-refractivity contribution is 9.10. The van der Waals surface area contributed by atoms with Crippen LogP contribution in [0.3, 0.4) is 0 Å². The fourth-order valence-electron chi connectivity index (χ4n) is 3.90. The van der Waals surface area contributed by atoms with Gasteiger partial charge in [0, 0.05) is 31.2 Å². The molecule has 0 N–H and O–H groups in total. The fourth-order valence-corrected chi connectivity index (χ4v) is 5.97. The van der Waals surface area contributed by atoms with Crippen LogP contribution in [-0.4, -0.2) is 17.5 Å². The van der Waals surface area contributed by atoms with Gasteiger partial charge in [-0.15, -0.1) is 0 Å². The Morgan fingerprint density at radius 1 is 1.39 bits per heavy atom. The first-order valence-electron chi connectivity index (χ1n) is 9.00. The van der Waals surface area contributed by atoms with Gasteiger partial charge in [-0.2, -0.15) is 0 Å². The summed E-state index contributed by atoms with van der Waals surface area (Å²) >= 11 is 11.2. The topological polar surface area (TPSA) is 30.7 Å². The monoisotopic (exact) mass is 481 g/mol. The van der Waals surface area contributed by atoms with E-state index in [2.05, 4.69) is 15.9 Å². The van der Waals surface area contributed by atoms with E-state index in [9.17, 15) is 9.18 Å². The third-order valence-corrected chi connectivity index (χ3v) is 7.08. The van der Waals surface area contributed by atoms with Crippen molar-refractivity contribution in [2.75, 3.05) is 7.11 Å². The Hall–Kier alpha value is -1.50. The summed E-state index contributed by atoms with van der Waals surface area (Å²) in [5, 5.41) is 0.680. The van der Waals surface area contributed by atoms with Gasteiger partial charge in [0.25, 0.3) is 0 Å². The minimum Gasteiger partial charge on any atom is -0.469 e. The number of aromatic nitrogens is 1. The SMILES string of the molecule is COC(=O)CC1CCCc2c1c(Sc1ccc(Cl)cc1)c1c(Br)cc(F)cn21. The Balaban J connectivity index is 1.91. The highest BCUT2D eigenvalue weighted by Gasteiger charge is 2.31. The largest absolute Gasteiger partial charge is 0.469 e. The number of nitrogens with zero attached hydrogens (tertiary/aromatic N) is 1. The van der Waals surface area contributed by atoms with Crippen LogP contribution in [0.25, 0.3) is 5.52 Å². The van der Waals surface area contributed by atoms with E-state index in [1.54, 1.807) is 11.8 Å². The van der Waals surface area contributed by atoms with Gasteiger partial charge in [0.1, 0.15) is 5.82 Å². The lowest BCUT2D eigenvalue weighted by Crippen LogP contribution is -2.15. The average molecular weight is 483 g/mol. The summed E-state index contributed by atoms with van der Waals surface area (Å²) < 4.78 is 21.7. The van der Waals surface area contributed by atoms with E-state index in [-0.39, 0.29) is 17.7 Å². The molecule has 1 aromatic carbocycles. The van der Waals surface area contributed by atoms with Crippen LogP contribution in [0.5, 0.6) is 0 Å². The molecule has 1 unspecified atom stereocenters. The molecule has 0 radical (unpaired) electrons. The van der Waals surface area contributed by atoms with Gasteiger partial charge < -0.3 is 9.14 Å². The van der Waals surface area contributed by atoms with Gasteiger partial charge in [-0.25, -0.2) is 4.39 Å². The smallest absolute Gasteiger partial charge is 0.306 e. The van der Waals surface area contributed by atoms with Gasteiger partial charge in [0.05, 0.1) is 19.0 Å². The predicted octanol–water partition coefficient (Wildman–Crippen LogP) is 6.63. The number of hydrogen-bond donors (Lipinski definition) is 0. The van der Waals surface area contributed by atoms with E-state index < -0.39 is 0 Å². The number of ether oxygens (including phenoxy) is 1. The Morgan fingerprint density at radius 3 is 2.86 bits per heavy atom. The first-order valence-corrected chi connectivity index (χ1v) is 11.0. The van der Waals surface area contributed by atoms with Crippen LogP contribution >= 0.6 is 39.3 Å². The average Bonchev–Trinajstić information content (AvgIpc) is 2.98. The number of rotatable bonds is 4. The second-order valence-corrected chi connectivity index (χ2v) is 9.21. The van der Waals surface area contributed by atoms with Crippen molar-refractivity contribution < 1.29 is 13.9 Å². The fraction of sp³-hybridized carbons (Fsp3) is 0.286. The van der Waals surface area contributed by atoms with E-state index in [4.69, 9.17) is 16.3 Å².